The maximum absolute atomic E-state index is 5.80. The Kier molecular flexibility index (Phi) is 4.13. The van der Waals surface area contributed by atoms with Crippen LogP contribution in [0.1, 0.15) is 25.1 Å². The highest BCUT2D eigenvalue weighted by Crippen LogP contribution is 2.20. The summed E-state index contributed by atoms with van der Waals surface area (Å²) in [6.45, 7) is 1.95. The molecule has 3 rings (SSSR count). The van der Waals surface area contributed by atoms with Gasteiger partial charge in [0.2, 0.25) is 17.1 Å². The Labute approximate surface area is 126 Å². The van der Waals surface area contributed by atoms with Gasteiger partial charge in [-0.15, -0.1) is 5.10 Å². The van der Waals surface area contributed by atoms with E-state index in [-0.39, 0.29) is 5.95 Å². The first-order chi connectivity index (χ1) is 10.2. The lowest BCUT2D eigenvalue weighted by Gasteiger charge is -2.26. The topological polar surface area (TPSA) is 112 Å². The second kappa shape index (κ2) is 6.20. The van der Waals surface area contributed by atoms with Crippen molar-refractivity contribution in [2.24, 2.45) is 7.05 Å². The number of thioether (sulfide) groups is 1. The minimum Gasteiger partial charge on any atom is -0.368 e. The molecule has 0 bridgehead atoms. The van der Waals surface area contributed by atoms with Crippen LogP contribution in [0.4, 0.5) is 11.9 Å². The Morgan fingerprint density at radius 1 is 1.14 bits per heavy atom. The van der Waals surface area contributed by atoms with E-state index < -0.39 is 0 Å². The number of tetrazole rings is 1. The van der Waals surface area contributed by atoms with Gasteiger partial charge in [0.1, 0.15) is 5.82 Å². The lowest BCUT2D eigenvalue weighted by molar-refractivity contribution is 0.567. The first-order valence-corrected chi connectivity index (χ1v) is 7.81. The number of nitrogens with two attached hydrogens (primary N) is 1. The monoisotopic (exact) mass is 307 g/mol. The number of nitrogen functional groups attached to an aromatic ring is 1. The van der Waals surface area contributed by atoms with Crippen molar-refractivity contribution in [2.75, 3.05) is 23.7 Å². The van der Waals surface area contributed by atoms with Crippen molar-refractivity contribution in [3.05, 3.63) is 5.82 Å². The summed E-state index contributed by atoms with van der Waals surface area (Å²) in [7, 11) is 1.79. The number of aryl methyl sites for hydroxylation is 1. The normalized spacial score (nSPS) is 15.4. The third kappa shape index (κ3) is 3.38. The van der Waals surface area contributed by atoms with Crippen LogP contribution in [0.25, 0.3) is 0 Å². The predicted molar refractivity (Wildman–Crippen MR) is 78.7 cm³/mol. The molecule has 0 radical (unpaired) electrons. The summed E-state index contributed by atoms with van der Waals surface area (Å²) in [4.78, 5) is 15.1. The number of anilines is 2. The Bertz CT molecular complexity index is 607. The van der Waals surface area contributed by atoms with Crippen molar-refractivity contribution in [1.82, 2.24) is 35.2 Å². The minimum absolute atomic E-state index is 0.261. The molecule has 112 valence electrons. The van der Waals surface area contributed by atoms with Crippen molar-refractivity contribution in [3.63, 3.8) is 0 Å². The fraction of sp³-hybridized carbons (Fsp3) is 0.636. The van der Waals surface area contributed by atoms with Crippen LogP contribution in [0, 0.1) is 0 Å². The number of nitrogens with zero attached hydrogens (tertiary/aromatic N) is 8. The van der Waals surface area contributed by atoms with Crippen LogP contribution in [0.3, 0.4) is 0 Å². The molecule has 2 aromatic heterocycles. The van der Waals surface area contributed by atoms with Gasteiger partial charge in [0.05, 0.1) is 5.75 Å². The summed E-state index contributed by atoms with van der Waals surface area (Å²) < 4.78 is 1.61. The minimum atomic E-state index is 0.261. The number of hydrogen-bond acceptors (Lipinski definition) is 9. The lowest BCUT2D eigenvalue weighted by atomic mass is 10.1. The molecule has 2 aromatic rings. The van der Waals surface area contributed by atoms with Crippen molar-refractivity contribution < 1.29 is 0 Å². The molecule has 0 saturated carbocycles. The van der Waals surface area contributed by atoms with Gasteiger partial charge in [-0.25, -0.2) is 4.68 Å². The summed E-state index contributed by atoms with van der Waals surface area (Å²) >= 11 is 1.47. The van der Waals surface area contributed by atoms with Gasteiger partial charge in [0.25, 0.3) is 0 Å². The molecule has 0 aliphatic carbocycles. The molecule has 3 heterocycles. The number of rotatable bonds is 4. The van der Waals surface area contributed by atoms with E-state index in [2.05, 4.69) is 35.4 Å². The van der Waals surface area contributed by atoms with Crippen LogP contribution in [0.15, 0.2) is 5.16 Å². The molecular weight excluding hydrogens is 290 g/mol. The van der Waals surface area contributed by atoms with Crippen molar-refractivity contribution in [1.29, 1.82) is 0 Å². The maximum atomic E-state index is 5.80. The summed E-state index contributed by atoms with van der Waals surface area (Å²) in [5.74, 6) is 2.14. The van der Waals surface area contributed by atoms with Crippen LogP contribution in [0.5, 0.6) is 0 Å². The number of aromatic nitrogens is 7. The number of hydrogen-bond donors (Lipinski definition) is 1. The van der Waals surface area contributed by atoms with E-state index in [0.717, 1.165) is 13.1 Å². The molecule has 0 amide bonds. The zero-order valence-electron chi connectivity index (χ0n) is 11.8. The zero-order chi connectivity index (χ0) is 14.7. The van der Waals surface area contributed by atoms with Gasteiger partial charge in [0, 0.05) is 20.1 Å². The summed E-state index contributed by atoms with van der Waals surface area (Å²) in [6, 6.07) is 0. The molecule has 1 aliphatic heterocycles. The molecule has 1 saturated heterocycles. The van der Waals surface area contributed by atoms with Crippen LogP contribution in [-0.4, -0.2) is 48.2 Å². The zero-order valence-corrected chi connectivity index (χ0v) is 12.6. The first kappa shape index (κ1) is 14.0. The average molecular weight is 307 g/mol. The molecule has 9 nitrogen and oxygen atoms in total. The fourth-order valence-corrected chi connectivity index (χ4v) is 2.90. The SMILES string of the molecule is Cn1nnnc1SCc1nc(N)nc(N2CCCCC2)n1. The van der Waals surface area contributed by atoms with Gasteiger partial charge in [-0.1, -0.05) is 11.8 Å². The quantitative estimate of drug-likeness (QED) is 0.795. The molecule has 0 aromatic carbocycles. The van der Waals surface area contributed by atoms with Crippen molar-refractivity contribution in [3.8, 4) is 0 Å². The van der Waals surface area contributed by atoms with Crippen molar-refractivity contribution >= 4 is 23.7 Å². The van der Waals surface area contributed by atoms with E-state index in [1.807, 2.05) is 0 Å². The fourth-order valence-electron chi connectivity index (χ4n) is 2.20. The molecule has 10 heteroatoms. The average Bonchev–Trinajstić information content (AvgIpc) is 2.91. The van der Waals surface area contributed by atoms with Gasteiger partial charge in [0.15, 0.2) is 0 Å². The van der Waals surface area contributed by atoms with Crippen molar-refractivity contribution in [2.45, 2.75) is 30.2 Å². The lowest BCUT2D eigenvalue weighted by Crippen LogP contribution is -2.31. The molecule has 0 spiro atoms. The summed E-state index contributed by atoms with van der Waals surface area (Å²) in [5, 5.41) is 12.0. The van der Waals surface area contributed by atoms with Crippen LogP contribution in [0.2, 0.25) is 0 Å². The third-order valence-corrected chi connectivity index (χ3v) is 4.24. The molecule has 1 fully saturated rings. The largest absolute Gasteiger partial charge is 0.368 e. The smallest absolute Gasteiger partial charge is 0.230 e. The molecule has 0 unspecified atom stereocenters. The van der Waals surface area contributed by atoms with E-state index in [1.54, 1.807) is 11.7 Å². The first-order valence-electron chi connectivity index (χ1n) is 6.83. The standard InChI is InChI=1S/C11H17N9S/c1-19-11(16-17-18-19)21-7-8-13-9(12)15-10(14-8)20-5-3-2-4-6-20/h2-7H2,1H3,(H2,12,13,14,15). The van der Waals surface area contributed by atoms with Gasteiger partial charge in [-0.2, -0.15) is 15.0 Å². The van der Waals surface area contributed by atoms with E-state index in [0.29, 0.717) is 22.7 Å². The molecule has 21 heavy (non-hydrogen) atoms. The Morgan fingerprint density at radius 3 is 2.67 bits per heavy atom. The maximum Gasteiger partial charge on any atom is 0.230 e. The van der Waals surface area contributed by atoms with Gasteiger partial charge in [-0.3, -0.25) is 0 Å². The molecule has 0 atom stereocenters. The van der Waals surface area contributed by atoms with Crippen LogP contribution in [-0.2, 0) is 12.8 Å². The van der Waals surface area contributed by atoms with Gasteiger partial charge in [-0.05, 0) is 29.7 Å². The Balaban J connectivity index is 1.73. The van der Waals surface area contributed by atoms with Crippen LogP contribution >= 0.6 is 11.8 Å². The summed E-state index contributed by atoms with van der Waals surface area (Å²) in [6.07, 6.45) is 3.60. The Hall–Kier alpha value is -1.97. The van der Waals surface area contributed by atoms with Gasteiger partial charge >= 0.3 is 0 Å². The highest BCUT2D eigenvalue weighted by molar-refractivity contribution is 7.98. The second-order valence-corrected chi connectivity index (χ2v) is 5.77. The highest BCUT2D eigenvalue weighted by atomic mass is 32.2. The van der Waals surface area contributed by atoms with E-state index in [4.69, 9.17) is 5.73 Å². The van der Waals surface area contributed by atoms with E-state index >= 15 is 0 Å². The second-order valence-electron chi connectivity index (χ2n) is 4.83. The van der Waals surface area contributed by atoms with Crippen LogP contribution < -0.4 is 10.6 Å². The third-order valence-electron chi connectivity index (χ3n) is 3.24. The molecular formula is C11H17N9S. The predicted octanol–water partition coefficient (Wildman–Crippen LogP) is 0.260. The number of piperidine rings is 1. The van der Waals surface area contributed by atoms with E-state index in [1.165, 1.54) is 31.0 Å². The highest BCUT2D eigenvalue weighted by Gasteiger charge is 2.16. The Morgan fingerprint density at radius 2 is 1.95 bits per heavy atom. The summed E-state index contributed by atoms with van der Waals surface area (Å²) in [5.41, 5.74) is 5.80. The van der Waals surface area contributed by atoms with Gasteiger partial charge < -0.3 is 10.6 Å². The molecule has 2 N–H and O–H groups in total. The molecule has 1 aliphatic rings. The van der Waals surface area contributed by atoms with E-state index in [9.17, 15) is 0 Å².